The predicted molar refractivity (Wildman–Crippen MR) is 108 cm³/mol. The molecule has 0 radical (unpaired) electrons. The molecular formula is C18H18Cl3N3O3. The van der Waals surface area contributed by atoms with Gasteiger partial charge in [0.25, 0.3) is 11.8 Å². The lowest BCUT2D eigenvalue weighted by Crippen LogP contribution is -2.30. The monoisotopic (exact) mass is 429 g/mol. The molecule has 0 saturated carbocycles. The lowest BCUT2D eigenvalue weighted by molar-refractivity contribution is -0.123. The van der Waals surface area contributed by atoms with Gasteiger partial charge in [0, 0.05) is 24.9 Å². The van der Waals surface area contributed by atoms with E-state index >= 15 is 0 Å². The van der Waals surface area contributed by atoms with Crippen LogP contribution in [0, 0.1) is 0 Å². The molecule has 0 atom stereocenters. The molecule has 0 unspecified atom stereocenters. The topological polar surface area (TPSA) is 80.3 Å². The molecule has 1 aromatic rings. The summed E-state index contributed by atoms with van der Waals surface area (Å²) in [6.45, 7) is 7.26. The van der Waals surface area contributed by atoms with E-state index in [1.807, 2.05) is 0 Å². The van der Waals surface area contributed by atoms with Crippen LogP contribution in [-0.4, -0.2) is 29.9 Å². The number of pyridine rings is 1. The van der Waals surface area contributed by atoms with Gasteiger partial charge in [-0.1, -0.05) is 48.0 Å². The van der Waals surface area contributed by atoms with Crippen molar-refractivity contribution in [2.24, 2.45) is 0 Å². The molecule has 6 nitrogen and oxygen atoms in total. The molecule has 2 N–H and O–H groups in total. The average Bonchev–Trinajstić information content (AvgIpc) is 2.61. The lowest BCUT2D eigenvalue weighted by Gasteiger charge is -2.09. The maximum absolute atomic E-state index is 11.9. The van der Waals surface area contributed by atoms with Crippen LogP contribution in [-0.2, 0) is 9.53 Å². The van der Waals surface area contributed by atoms with Crippen molar-refractivity contribution in [2.75, 3.05) is 13.2 Å². The van der Waals surface area contributed by atoms with Gasteiger partial charge in [0.15, 0.2) is 6.61 Å². The number of carbonyl (C=O) groups is 2. The summed E-state index contributed by atoms with van der Waals surface area (Å²) in [5.41, 5.74) is 0.694. The molecule has 27 heavy (non-hydrogen) atoms. The van der Waals surface area contributed by atoms with Crippen LogP contribution in [0.15, 0.2) is 65.7 Å². The number of halogens is 3. The number of aromatic nitrogens is 1. The van der Waals surface area contributed by atoms with Crippen molar-refractivity contribution in [1.29, 1.82) is 0 Å². The minimum Gasteiger partial charge on any atom is -0.491 e. The van der Waals surface area contributed by atoms with Crippen LogP contribution >= 0.6 is 34.8 Å². The van der Waals surface area contributed by atoms with E-state index in [1.54, 1.807) is 6.07 Å². The number of allylic oxidation sites excluding steroid dienone is 4. The fraction of sp³-hybridized carbons (Fsp3) is 0.167. The van der Waals surface area contributed by atoms with E-state index in [2.05, 4.69) is 28.8 Å². The van der Waals surface area contributed by atoms with Gasteiger partial charge in [0.05, 0.1) is 21.3 Å². The zero-order valence-electron chi connectivity index (χ0n) is 14.3. The first kappa shape index (κ1) is 22.8. The summed E-state index contributed by atoms with van der Waals surface area (Å²) in [4.78, 5) is 27.5. The van der Waals surface area contributed by atoms with Gasteiger partial charge in [0.1, 0.15) is 5.69 Å². The molecule has 0 aliphatic rings. The summed E-state index contributed by atoms with van der Waals surface area (Å²) in [5, 5.41) is 6.15. The van der Waals surface area contributed by atoms with Gasteiger partial charge < -0.3 is 15.4 Å². The highest BCUT2D eigenvalue weighted by molar-refractivity contribution is 6.43. The van der Waals surface area contributed by atoms with Crippen molar-refractivity contribution in [2.45, 2.75) is 6.42 Å². The third kappa shape index (κ3) is 9.84. The van der Waals surface area contributed by atoms with Gasteiger partial charge in [-0.15, -0.1) is 0 Å². The number of amides is 2. The van der Waals surface area contributed by atoms with Crippen molar-refractivity contribution in [1.82, 2.24) is 15.6 Å². The number of nitrogens with one attached hydrogen (secondary N) is 2. The largest absolute Gasteiger partial charge is 0.491 e. The zero-order chi connectivity index (χ0) is 20.2. The first-order valence-electron chi connectivity index (χ1n) is 7.65. The molecule has 144 valence electrons. The van der Waals surface area contributed by atoms with Gasteiger partial charge in [-0.2, -0.15) is 0 Å². The summed E-state index contributed by atoms with van der Waals surface area (Å²) < 4.78 is 5.04. The van der Waals surface area contributed by atoms with Crippen LogP contribution in [0.1, 0.15) is 16.9 Å². The summed E-state index contributed by atoms with van der Waals surface area (Å²) in [5.74, 6) is -0.724. The van der Waals surface area contributed by atoms with E-state index in [0.29, 0.717) is 17.1 Å². The first-order chi connectivity index (χ1) is 12.8. The smallest absolute Gasteiger partial charge is 0.269 e. The van der Waals surface area contributed by atoms with Crippen molar-refractivity contribution < 1.29 is 14.3 Å². The molecule has 1 heterocycles. The van der Waals surface area contributed by atoms with Gasteiger partial charge in [-0.05, 0) is 24.3 Å². The first-order valence-corrected chi connectivity index (χ1v) is 8.79. The van der Waals surface area contributed by atoms with Crippen LogP contribution in [0.2, 0.25) is 5.02 Å². The molecule has 0 fully saturated rings. The van der Waals surface area contributed by atoms with Crippen LogP contribution in [0.4, 0.5) is 0 Å². The second kappa shape index (κ2) is 12.2. The quantitative estimate of drug-likeness (QED) is 0.436. The lowest BCUT2D eigenvalue weighted by atomic mass is 10.3. The molecule has 1 aromatic heterocycles. The summed E-state index contributed by atoms with van der Waals surface area (Å²) in [7, 11) is 0. The van der Waals surface area contributed by atoms with E-state index in [1.165, 1.54) is 30.7 Å². The average molecular weight is 431 g/mol. The van der Waals surface area contributed by atoms with Crippen LogP contribution in [0.3, 0.4) is 0 Å². The minimum absolute atomic E-state index is 0.203. The van der Waals surface area contributed by atoms with Crippen molar-refractivity contribution >= 4 is 46.6 Å². The third-order valence-electron chi connectivity index (χ3n) is 2.88. The number of carbonyl (C=O) groups excluding carboxylic acids is 2. The van der Waals surface area contributed by atoms with Crippen LogP contribution in [0.25, 0.3) is 0 Å². The molecule has 0 saturated heterocycles. The SMILES string of the molecule is C=C(CCNC(=O)c1ccc(Cl)cn1)NC(=O)CO/C=C/C=C(/Cl)C(=C)Cl. The Morgan fingerprint density at radius 3 is 2.63 bits per heavy atom. The highest BCUT2D eigenvalue weighted by atomic mass is 35.5. The number of rotatable bonds is 10. The Bertz CT molecular complexity index is 759. The molecule has 0 aromatic carbocycles. The van der Waals surface area contributed by atoms with E-state index in [-0.39, 0.29) is 40.7 Å². The van der Waals surface area contributed by atoms with Crippen molar-refractivity contribution in [3.05, 3.63) is 76.4 Å². The Labute approximate surface area is 172 Å². The van der Waals surface area contributed by atoms with E-state index in [4.69, 9.17) is 39.5 Å². The Kier molecular flexibility index (Phi) is 10.3. The van der Waals surface area contributed by atoms with Crippen LogP contribution in [0.5, 0.6) is 0 Å². The third-order valence-corrected chi connectivity index (χ3v) is 3.76. The van der Waals surface area contributed by atoms with Gasteiger partial charge in [-0.3, -0.25) is 9.59 Å². The normalized spacial score (nSPS) is 11.1. The Morgan fingerprint density at radius 2 is 2.00 bits per heavy atom. The van der Waals surface area contributed by atoms with E-state index in [9.17, 15) is 9.59 Å². The summed E-state index contributed by atoms with van der Waals surface area (Å²) >= 11 is 17.0. The second-order valence-corrected chi connectivity index (χ2v) is 6.38. The predicted octanol–water partition coefficient (Wildman–Crippen LogP) is 3.89. The molecule has 1 rings (SSSR count). The number of hydrogen-bond acceptors (Lipinski definition) is 4. The fourth-order valence-corrected chi connectivity index (χ4v) is 1.86. The Morgan fingerprint density at radius 1 is 1.26 bits per heavy atom. The standard InChI is InChI=1S/C18H18Cl3N3O3/c1-12(7-8-22-18(26)16-6-5-14(20)10-23-16)24-17(25)11-27-9-3-4-15(21)13(2)19/h3-6,9-10H,1-2,7-8,11H2,(H,22,26)(H,24,25)/b9-3+,15-4+. The molecule has 9 heteroatoms. The highest BCUT2D eigenvalue weighted by Crippen LogP contribution is 2.15. The molecular weight excluding hydrogens is 413 g/mol. The molecule has 0 aliphatic heterocycles. The van der Waals surface area contributed by atoms with E-state index < -0.39 is 0 Å². The highest BCUT2D eigenvalue weighted by Gasteiger charge is 2.07. The number of ether oxygens (including phenoxy) is 1. The molecule has 0 spiro atoms. The minimum atomic E-state index is -0.382. The van der Waals surface area contributed by atoms with Gasteiger partial charge in [-0.25, -0.2) is 4.98 Å². The maximum atomic E-state index is 11.9. The number of nitrogens with zero attached hydrogens (tertiary/aromatic N) is 1. The summed E-state index contributed by atoms with van der Waals surface area (Å²) in [6, 6.07) is 3.09. The van der Waals surface area contributed by atoms with E-state index in [0.717, 1.165) is 0 Å². The summed E-state index contributed by atoms with van der Waals surface area (Å²) in [6.07, 6.45) is 6.01. The van der Waals surface area contributed by atoms with Crippen molar-refractivity contribution in [3.63, 3.8) is 0 Å². The molecule has 0 aliphatic carbocycles. The Balaban J connectivity index is 2.24. The zero-order valence-corrected chi connectivity index (χ0v) is 16.6. The molecule has 2 amide bonds. The van der Waals surface area contributed by atoms with Crippen molar-refractivity contribution in [3.8, 4) is 0 Å². The van der Waals surface area contributed by atoms with Crippen LogP contribution < -0.4 is 10.6 Å². The van der Waals surface area contributed by atoms with Gasteiger partial charge >= 0.3 is 0 Å². The fourth-order valence-electron chi connectivity index (χ4n) is 1.62. The second-order valence-electron chi connectivity index (χ2n) is 5.08. The maximum Gasteiger partial charge on any atom is 0.269 e. The Hall–Kier alpha value is -2.28. The van der Waals surface area contributed by atoms with Gasteiger partial charge in [0.2, 0.25) is 0 Å². The number of hydrogen-bond donors (Lipinski definition) is 2. The molecule has 0 bridgehead atoms.